The maximum absolute atomic E-state index is 12.6. The Balaban J connectivity index is 1.48. The van der Waals surface area contributed by atoms with Gasteiger partial charge in [-0.3, -0.25) is 9.59 Å². The molecule has 0 saturated carbocycles. The number of aliphatic hydroxyl groups excluding tert-OH is 1. The van der Waals surface area contributed by atoms with Crippen LogP contribution in [0.2, 0.25) is 0 Å². The minimum absolute atomic E-state index is 0.00407. The van der Waals surface area contributed by atoms with Gasteiger partial charge < -0.3 is 24.6 Å². The molecule has 2 heterocycles. The van der Waals surface area contributed by atoms with Crippen molar-refractivity contribution in [2.24, 2.45) is 11.8 Å². The molecule has 0 aromatic heterocycles. The molecule has 1 unspecified atom stereocenters. The Morgan fingerprint density at radius 1 is 1.11 bits per heavy atom. The molecular formula is C27H27NO7. The van der Waals surface area contributed by atoms with Gasteiger partial charge in [0, 0.05) is 23.0 Å². The number of aliphatic carboxylic acids is 1. The van der Waals surface area contributed by atoms with Gasteiger partial charge in [0.25, 0.3) is 0 Å². The second-order valence-corrected chi connectivity index (χ2v) is 9.36. The molecule has 0 radical (unpaired) electrons. The van der Waals surface area contributed by atoms with Crippen LogP contribution in [0.1, 0.15) is 37.3 Å². The van der Waals surface area contributed by atoms with Crippen LogP contribution in [0.25, 0.3) is 11.1 Å². The topological polar surface area (TPSA) is 113 Å². The van der Waals surface area contributed by atoms with E-state index in [0.717, 1.165) is 22.3 Å². The lowest BCUT2D eigenvalue weighted by atomic mass is 9.78. The number of fused-ring (bicyclic) bond motifs is 4. The molecule has 0 bridgehead atoms. The lowest BCUT2D eigenvalue weighted by Gasteiger charge is -2.46. The van der Waals surface area contributed by atoms with E-state index in [9.17, 15) is 24.6 Å². The highest BCUT2D eigenvalue weighted by Gasteiger charge is 2.59. The van der Waals surface area contributed by atoms with Crippen LogP contribution >= 0.6 is 0 Å². The van der Waals surface area contributed by atoms with Gasteiger partial charge in [-0.05, 0) is 29.7 Å². The predicted octanol–water partition coefficient (Wildman–Crippen LogP) is 2.94. The Labute approximate surface area is 202 Å². The highest BCUT2D eigenvalue weighted by Crippen LogP contribution is 2.51. The summed E-state index contributed by atoms with van der Waals surface area (Å²) in [6.07, 6.45) is -0.656. The first-order chi connectivity index (χ1) is 16.8. The van der Waals surface area contributed by atoms with Crippen molar-refractivity contribution in [3.8, 4) is 16.9 Å². The minimum Gasteiger partial charge on any atom is -0.488 e. The first-order valence-electron chi connectivity index (χ1n) is 11.7. The minimum atomic E-state index is -1.18. The quantitative estimate of drug-likeness (QED) is 0.466. The summed E-state index contributed by atoms with van der Waals surface area (Å²) in [7, 11) is 1.37. The fourth-order valence-corrected chi connectivity index (χ4v) is 5.90. The molecule has 5 atom stereocenters. The second-order valence-electron chi connectivity index (χ2n) is 9.36. The lowest BCUT2D eigenvalue weighted by Crippen LogP contribution is -2.63. The highest BCUT2D eigenvalue weighted by molar-refractivity contribution is 6.00. The van der Waals surface area contributed by atoms with Crippen molar-refractivity contribution < 1.29 is 34.1 Å². The average molecular weight is 478 g/mol. The van der Waals surface area contributed by atoms with E-state index in [1.807, 2.05) is 49.4 Å². The van der Waals surface area contributed by atoms with Crippen LogP contribution in [0.5, 0.6) is 5.75 Å². The molecule has 2 aromatic rings. The van der Waals surface area contributed by atoms with Crippen molar-refractivity contribution in [3.63, 3.8) is 0 Å². The van der Waals surface area contributed by atoms with Crippen LogP contribution in [0.4, 0.5) is 0 Å². The van der Waals surface area contributed by atoms with Crippen LogP contribution in [-0.2, 0) is 19.1 Å². The Hall–Kier alpha value is -3.65. The number of β-lactam (4-membered cyclic amide) rings is 1. The molecule has 182 valence electrons. The van der Waals surface area contributed by atoms with Crippen LogP contribution < -0.4 is 4.74 Å². The lowest BCUT2D eigenvalue weighted by molar-refractivity contribution is -0.163. The molecule has 3 aliphatic rings. The highest BCUT2D eigenvalue weighted by atomic mass is 16.5. The number of aliphatic hydroxyl groups is 1. The average Bonchev–Trinajstić information content (AvgIpc) is 3.27. The Bertz CT molecular complexity index is 1260. The van der Waals surface area contributed by atoms with Gasteiger partial charge in [-0.15, -0.1) is 0 Å². The van der Waals surface area contributed by atoms with E-state index < -0.39 is 18.0 Å². The van der Waals surface area contributed by atoms with Crippen LogP contribution in [0.15, 0.2) is 53.7 Å². The number of nitrogens with zero attached hydrogens (tertiary/aromatic N) is 1. The van der Waals surface area contributed by atoms with E-state index in [-0.39, 0.29) is 48.5 Å². The molecule has 1 saturated heterocycles. The second kappa shape index (κ2) is 8.53. The van der Waals surface area contributed by atoms with Crippen LogP contribution in [-0.4, -0.2) is 58.8 Å². The SMILES string of the molecule is COC(=O)CC1c2ccccc2-c2c(OCC3=C(C(=O)O)N4C(=O)[C@H]([C@@H](C)O)[C@H]4[C@H]3C)cccc21. The first-order valence-corrected chi connectivity index (χ1v) is 11.7. The maximum atomic E-state index is 12.6. The van der Waals surface area contributed by atoms with E-state index in [1.54, 1.807) is 6.92 Å². The monoisotopic (exact) mass is 477 g/mol. The molecule has 1 amide bonds. The fourth-order valence-electron chi connectivity index (χ4n) is 5.90. The number of hydrogen-bond acceptors (Lipinski definition) is 6. The molecular weight excluding hydrogens is 450 g/mol. The number of carbonyl (C=O) groups excluding carboxylic acids is 2. The third-order valence-electron chi connectivity index (χ3n) is 7.54. The fraction of sp³-hybridized carbons (Fsp3) is 0.370. The maximum Gasteiger partial charge on any atom is 0.352 e. The molecule has 1 aliphatic carbocycles. The number of hydrogen-bond donors (Lipinski definition) is 2. The molecule has 8 nitrogen and oxygen atoms in total. The van der Waals surface area contributed by atoms with Gasteiger partial charge >= 0.3 is 11.9 Å². The van der Waals surface area contributed by atoms with E-state index in [1.165, 1.54) is 12.0 Å². The number of rotatable bonds is 7. The molecule has 2 aliphatic heterocycles. The number of amides is 1. The van der Waals surface area contributed by atoms with Gasteiger partial charge in [-0.25, -0.2) is 4.79 Å². The summed E-state index contributed by atoms with van der Waals surface area (Å²) in [5.41, 5.74) is 4.27. The van der Waals surface area contributed by atoms with Crippen molar-refractivity contribution in [1.29, 1.82) is 0 Å². The molecule has 35 heavy (non-hydrogen) atoms. The molecule has 8 heteroatoms. The summed E-state index contributed by atoms with van der Waals surface area (Å²) < 4.78 is 11.1. The van der Waals surface area contributed by atoms with E-state index in [0.29, 0.717) is 11.3 Å². The number of carboxylic acids is 1. The summed E-state index contributed by atoms with van der Waals surface area (Å²) in [5.74, 6) is -2.33. The van der Waals surface area contributed by atoms with Gasteiger partial charge in [0.05, 0.1) is 31.6 Å². The first kappa shape index (κ1) is 23.1. The third-order valence-corrected chi connectivity index (χ3v) is 7.54. The van der Waals surface area contributed by atoms with Gasteiger partial charge in [-0.1, -0.05) is 43.3 Å². The zero-order chi connectivity index (χ0) is 25.0. The number of methoxy groups -OCH3 is 1. The number of carbonyl (C=O) groups is 3. The van der Waals surface area contributed by atoms with E-state index in [4.69, 9.17) is 9.47 Å². The summed E-state index contributed by atoms with van der Waals surface area (Å²) >= 11 is 0. The third kappa shape index (κ3) is 3.43. The van der Waals surface area contributed by atoms with Crippen molar-refractivity contribution >= 4 is 17.8 Å². The van der Waals surface area contributed by atoms with Gasteiger partial charge in [-0.2, -0.15) is 0 Å². The predicted molar refractivity (Wildman–Crippen MR) is 125 cm³/mol. The zero-order valence-electron chi connectivity index (χ0n) is 19.7. The largest absolute Gasteiger partial charge is 0.488 e. The van der Waals surface area contributed by atoms with Crippen molar-refractivity contribution in [1.82, 2.24) is 4.90 Å². The molecule has 0 spiro atoms. The summed E-state index contributed by atoms with van der Waals surface area (Å²) in [5, 5.41) is 19.9. The molecule has 2 N–H and O–H groups in total. The zero-order valence-corrected chi connectivity index (χ0v) is 19.7. The standard InChI is InChI=1S/C27H27NO7/c1-13-19(25(27(32)33)28-24(13)22(14(2)29)26(28)31)12-35-20-10-6-9-17-18(11-21(30)34-3)15-7-4-5-8-16(15)23(17)20/h4-10,13-14,18,22,24,29H,11-12H2,1-3H3,(H,32,33)/t13-,14+,18?,22+,24+/m0/s1. The Morgan fingerprint density at radius 2 is 1.83 bits per heavy atom. The van der Waals surface area contributed by atoms with Crippen LogP contribution in [0.3, 0.4) is 0 Å². The van der Waals surface area contributed by atoms with Crippen molar-refractivity contribution in [3.05, 3.63) is 64.9 Å². The summed E-state index contributed by atoms with van der Waals surface area (Å²) in [6, 6.07) is 13.1. The number of carboxylic acid groups (broad SMARTS) is 1. The van der Waals surface area contributed by atoms with E-state index in [2.05, 4.69) is 0 Å². The van der Waals surface area contributed by atoms with Gasteiger partial charge in [0.1, 0.15) is 18.1 Å². The summed E-state index contributed by atoms with van der Waals surface area (Å²) in [4.78, 5) is 38.1. The van der Waals surface area contributed by atoms with Crippen molar-refractivity contribution in [2.75, 3.05) is 13.7 Å². The summed E-state index contributed by atoms with van der Waals surface area (Å²) in [6.45, 7) is 3.41. The number of benzene rings is 2. The molecule has 1 fully saturated rings. The van der Waals surface area contributed by atoms with Crippen molar-refractivity contribution in [2.45, 2.75) is 38.3 Å². The smallest absolute Gasteiger partial charge is 0.352 e. The molecule has 5 rings (SSSR count). The normalized spacial score (nSPS) is 24.9. The molecule has 2 aromatic carbocycles. The van der Waals surface area contributed by atoms with Gasteiger partial charge in [0.2, 0.25) is 5.91 Å². The van der Waals surface area contributed by atoms with Crippen LogP contribution in [0, 0.1) is 11.8 Å². The Kier molecular flexibility index (Phi) is 5.63. The van der Waals surface area contributed by atoms with E-state index >= 15 is 0 Å². The number of ether oxygens (including phenoxy) is 2. The van der Waals surface area contributed by atoms with Gasteiger partial charge in [0.15, 0.2) is 0 Å². The number of esters is 1. The Morgan fingerprint density at radius 3 is 2.51 bits per heavy atom.